The molecule has 0 radical (unpaired) electrons. The third kappa shape index (κ3) is 4.41. The number of nitro benzene ring substituents is 2. The van der Waals surface area contributed by atoms with Gasteiger partial charge in [0.05, 0.1) is 26.9 Å². The molecule has 1 saturated heterocycles. The number of non-ortho nitro benzene ring substituents is 1. The quantitative estimate of drug-likeness (QED) is 0.565. The smallest absolute Gasteiger partial charge is 0.290 e. The molecule has 10 nitrogen and oxygen atoms in total. The van der Waals surface area contributed by atoms with Crippen molar-refractivity contribution < 1.29 is 14.6 Å². The molecule has 1 aliphatic rings. The zero-order chi connectivity index (χ0) is 17.8. The first kappa shape index (κ1) is 17.5. The minimum absolute atomic E-state index is 0.163. The van der Waals surface area contributed by atoms with Crippen LogP contribution < -0.4 is 5.32 Å². The number of rotatable bonds is 7. The van der Waals surface area contributed by atoms with E-state index < -0.39 is 9.85 Å². The minimum atomic E-state index is -0.667. The van der Waals surface area contributed by atoms with Crippen molar-refractivity contribution in [1.29, 1.82) is 0 Å². The van der Waals surface area contributed by atoms with Gasteiger partial charge in [-0.05, 0) is 30.7 Å². The van der Waals surface area contributed by atoms with E-state index in [-0.39, 0.29) is 22.4 Å². The predicted octanol–water partition coefficient (Wildman–Crippen LogP) is 3.10. The van der Waals surface area contributed by atoms with E-state index in [1.54, 1.807) is 0 Å². The summed E-state index contributed by atoms with van der Waals surface area (Å²) in [6.07, 6.45) is 2.21. The van der Waals surface area contributed by atoms with Gasteiger partial charge in [-0.15, -0.1) is 10.2 Å². The third-order valence-electron chi connectivity index (χ3n) is 3.46. The molecule has 0 spiro atoms. The molecule has 2 heterocycles. The molecule has 0 amide bonds. The Balaban J connectivity index is 1.69. The molecular weight excluding hydrogens is 370 g/mol. The summed E-state index contributed by atoms with van der Waals surface area (Å²) in [5.41, 5.74) is -0.657. The Kier molecular flexibility index (Phi) is 5.40. The average molecular weight is 383 g/mol. The summed E-state index contributed by atoms with van der Waals surface area (Å²) in [7, 11) is 0. The van der Waals surface area contributed by atoms with Crippen LogP contribution in [-0.4, -0.2) is 39.3 Å². The summed E-state index contributed by atoms with van der Waals surface area (Å²) in [4.78, 5) is 20.9. The Hall–Kier alpha value is -2.31. The molecule has 1 N–H and O–H groups in total. The van der Waals surface area contributed by atoms with Crippen molar-refractivity contribution in [2.45, 2.75) is 28.2 Å². The van der Waals surface area contributed by atoms with Gasteiger partial charge in [0.25, 0.3) is 11.4 Å². The minimum Gasteiger partial charge on any atom is -0.376 e. The lowest BCUT2D eigenvalue weighted by Gasteiger charge is -2.08. The van der Waals surface area contributed by atoms with Gasteiger partial charge in [0.15, 0.2) is 4.34 Å². The number of nitro groups is 2. The molecule has 132 valence electrons. The maximum Gasteiger partial charge on any atom is 0.290 e. The Morgan fingerprint density at radius 1 is 1.32 bits per heavy atom. The van der Waals surface area contributed by atoms with Gasteiger partial charge in [-0.3, -0.25) is 20.2 Å². The molecule has 1 fully saturated rings. The summed E-state index contributed by atoms with van der Waals surface area (Å²) in [6.45, 7) is 1.41. The molecule has 1 atom stereocenters. The van der Waals surface area contributed by atoms with E-state index in [1.165, 1.54) is 23.5 Å². The molecule has 1 unspecified atom stereocenters. The molecular formula is C13H13N5O5S2. The summed E-state index contributed by atoms with van der Waals surface area (Å²) in [6, 6.07) is 3.52. The van der Waals surface area contributed by atoms with Crippen LogP contribution in [0.5, 0.6) is 0 Å². The lowest BCUT2D eigenvalue weighted by atomic mass is 10.2. The van der Waals surface area contributed by atoms with Crippen LogP contribution in [0.25, 0.3) is 0 Å². The van der Waals surface area contributed by atoms with Crippen LogP contribution in [0.2, 0.25) is 0 Å². The Morgan fingerprint density at radius 3 is 2.84 bits per heavy atom. The molecule has 1 aromatic carbocycles. The summed E-state index contributed by atoms with van der Waals surface area (Å²) < 4.78 is 6.01. The number of aromatic nitrogens is 2. The molecule has 0 bridgehead atoms. The van der Waals surface area contributed by atoms with Crippen LogP contribution in [0, 0.1) is 20.2 Å². The molecule has 3 rings (SSSR count). The molecule has 1 aliphatic heterocycles. The molecule has 0 saturated carbocycles. The topological polar surface area (TPSA) is 133 Å². The van der Waals surface area contributed by atoms with Crippen LogP contribution >= 0.6 is 23.1 Å². The fourth-order valence-electron chi connectivity index (χ4n) is 2.27. The van der Waals surface area contributed by atoms with E-state index in [0.717, 1.165) is 37.3 Å². The number of nitrogens with zero attached hydrogens (tertiary/aromatic N) is 4. The first-order valence-electron chi connectivity index (χ1n) is 7.32. The van der Waals surface area contributed by atoms with Gasteiger partial charge < -0.3 is 10.1 Å². The number of ether oxygens (including phenoxy) is 1. The van der Waals surface area contributed by atoms with Crippen LogP contribution in [0.3, 0.4) is 0 Å². The Labute approximate surface area is 149 Å². The molecule has 2 aromatic rings. The van der Waals surface area contributed by atoms with E-state index in [1.807, 2.05) is 0 Å². The van der Waals surface area contributed by atoms with Crippen molar-refractivity contribution in [3.63, 3.8) is 0 Å². The normalized spacial score (nSPS) is 16.7. The average Bonchev–Trinajstić information content (AvgIpc) is 3.24. The van der Waals surface area contributed by atoms with Crippen LogP contribution in [0.1, 0.15) is 12.8 Å². The molecule has 0 aliphatic carbocycles. The highest BCUT2D eigenvalue weighted by Crippen LogP contribution is 2.38. The highest BCUT2D eigenvalue weighted by molar-refractivity contribution is 8.01. The zero-order valence-electron chi connectivity index (χ0n) is 12.8. The van der Waals surface area contributed by atoms with Gasteiger partial charge >= 0.3 is 0 Å². The van der Waals surface area contributed by atoms with Crippen molar-refractivity contribution in [2.75, 3.05) is 18.5 Å². The van der Waals surface area contributed by atoms with Crippen molar-refractivity contribution in [1.82, 2.24) is 10.2 Å². The first-order valence-corrected chi connectivity index (χ1v) is 8.96. The monoisotopic (exact) mass is 383 g/mol. The Morgan fingerprint density at radius 2 is 2.16 bits per heavy atom. The number of anilines is 1. The number of hydrogen-bond donors (Lipinski definition) is 1. The van der Waals surface area contributed by atoms with Crippen LogP contribution in [-0.2, 0) is 4.74 Å². The molecule has 25 heavy (non-hydrogen) atoms. The summed E-state index contributed by atoms with van der Waals surface area (Å²) in [5.74, 6) is 0. The predicted molar refractivity (Wildman–Crippen MR) is 91.2 cm³/mol. The SMILES string of the molecule is O=[N+]([O-])c1ccc(Sc2nnc(NCC3CCCO3)s2)c([N+](=O)[O-])c1. The van der Waals surface area contributed by atoms with Crippen LogP contribution in [0.4, 0.5) is 16.5 Å². The van der Waals surface area contributed by atoms with E-state index in [4.69, 9.17) is 4.74 Å². The van der Waals surface area contributed by atoms with Crippen molar-refractivity contribution in [3.05, 3.63) is 38.4 Å². The number of nitrogens with one attached hydrogen (secondary N) is 1. The van der Waals surface area contributed by atoms with Crippen molar-refractivity contribution in [2.24, 2.45) is 0 Å². The Bertz CT molecular complexity index is 793. The van der Waals surface area contributed by atoms with Gasteiger partial charge in [0, 0.05) is 19.2 Å². The van der Waals surface area contributed by atoms with Gasteiger partial charge in [0.1, 0.15) is 0 Å². The maximum atomic E-state index is 11.2. The standard InChI is InChI=1S/C13H13N5O5S2/c19-17(20)8-3-4-11(10(6-8)18(21)22)24-13-16-15-12(25-13)14-7-9-2-1-5-23-9/h3-4,6,9H,1-2,5,7H2,(H,14,15). The fraction of sp³-hybridized carbons (Fsp3) is 0.385. The maximum absolute atomic E-state index is 11.2. The van der Waals surface area contributed by atoms with E-state index in [0.29, 0.717) is 16.0 Å². The van der Waals surface area contributed by atoms with Gasteiger partial charge in [-0.2, -0.15) is 0 Å². The fourth-order valence-corrected chi connectivity index (χ4v) is 4.07. The summed E-state index contributed by atoms with van der Waals surface area (Å²) in [5, 5.41) is 33.6. The van der Waals surface area contributed by atoms with Crippen molar-refractivity contribution in [3.8, 4) is 0 Å². The van der Waals surface area contributed by atoms with Crippen molar-refractivity contribution >= 4 is 39.6 Å². The highest BCUT2D eigenvalue weighted by atomic mass is 32.2. The largest absolute Gasteiger partial charge is 0.376 e. The third-order valence-corrected chi connectivity index (χ3v) is 5.46. The second kappa shape index (κ2) is 7.72. The second-order valence-electron chi connectivity index (χ2n) is 5.16. The van der Waals surface area contributed by atoms with E-state index in [9.17, 15) is 20.2 Å². The zero-order valence-corrected chi connectivity index (χ0v) is 14.4. The lowest BCUT2D eigenvalue weighted by molar-refractivity contribution is -0.396. The van der Waals surface area contributed by atoms with Gasteiger partial charge in [-0.1, -0.05) is 11.3 Å². The highest BCUT2D eigenvalue weighted by Gasteiger charge is 2.22. The second-order valence-corrected chi connectivity index (χ2v) is 7.42. The van der Waals surface area contributed by atoms with Gasteiger partial charge in [0.2, 0.25) is 5.13 Å². The van der Waals surface area contributed by atoms with Gasteiger partial charge in [-0.25, -0.2) is 0 Å². The number of hydrogen-bond acceptors (Lipinski definition) is 10. The van der Waals surface area contributed by atoms with E-state index in [2.05, 4.69) is 15.5 Å². The first-order chi connectivity index (χ1) is 12.0. The van der Waals surface area contributed by atoms with E-state index >= 15 is 0 Å². The molecule has 12 heteroatoms. The van der Waals surface area contributed by atoms with Crippen LogP contribution in [0.15, 0.2) is 27.4 Å². The molecule has 1 aromatic heterocycles. The summed E-state index contributed by atoms with van der Waals surface area (Å²) >= 11 is 2.31. The lowest BCUT2D eigenvalue weighted by Crippen LogP contribution is -2.18. The number of benzene rings is 1.